The lowest BCUT2D eigenvalue weighted by atomic mass is 10.2. The molecule has 0 atom stereocenters. The zero-order chi connectivity index (χ0) is 6.85. The quantitative estimate of drug-likeness (QED) is 0.468. The summed E-state index contributed by atoms with van der Waals surface area (Å²) >= 11 is 5.38. The smallest absolute Gasteiger partial charge is 0.267 e. The molecule has 46 valence electrons. The minimum Gasteiger partial charge on any atom is -0.267 e. The van der Waals surface area contributed by atoms with Crippen molar-refractivity contribution in [2.24, 2.45) is 4.99 Å². The summed E-state index contributed by atoms with van der Waals surface area (Å²) in [7, 11) is 0. The van der Waals surface area contributed by atoms with E-state index in [1.54, 1.807) is 0 Å². The van der Waals surface area contributed by atoms with E-state index in [1.165, 1.54) is 12.2 Å². The highest BCUT2D eigenvalue weighted by atomic mass is 35.5. The van der Waals surface area contributed by atoms with E-state index in [4.69, 9.17) is 11.6 Å². The van der Waals surface area contributed by atoms with E-state index in [0.717, 1.165) is 0 Å². The van der Waals surface area contributed by atoms with E-state index in [1.807, 2.05) is 0 Å². The van der Waals surface area contributed by atoms with Gasteiger partial charge in [0.05, 0.1) is 0 Å². The van der Waals surface area contributed by atoms with Crippen LogP contribution in [0.25, 0.3) is 0 Å². The highest BCUT2D eigenvalue weighted by molar-refractivity contribution is 6.69. The number of aliphatic imine (C=N–C) groups is 1. The first kappa shape index (κ1) is 6.23. The molecule has 1 aliphatic heterocycles. The lowest BCUT2D eigenvalue weighted by Gasteiger charge is -1.97. The number of nitrogens with zero attached hydrogens (tertiary/aromatic N) is 1. The number of rotatable bonds is 0. The number of hydrogen-bond donors (Lipinski definition) is 0. The molecule has 2 nitrogen and oxygen atoms in total. The lowest BCUT2D eigenvalue weighted by Crippen LogP contribution is -2.02. The first-order chi connectivity index (χ1) is 4.20. The molecule has 0 saturated heterocycles. The Kier molecular flexibility index (Phi) is 1.49. The van der Waals surface area contributed by atoms with Crippen LogP contribution >= 0.6 is 11.6 Å². The first-order valence-electron chi connectivity index (χ1n) is 2.35. The van der Waals surface area contributed by atoms with Crippen molar-refractivity contribution >= 4 is 22.7 Å². The van der Waals surface area contributed by atoms with Crippen LogP contribution in [-0.2, 0) is 4.79 Å². The number of hydrogen-bond acceptors (Lipinski definition) is 1. The normalized spacial score (nSPS) is 18.1. The zero-order valence-electron chi connectivity index (χ0n) is 4.60. The van der Waals surface area contributed by atoms with Gasteiger partial charge in [0.1, 0.15) is 5.17 Å². The third-order valence-electron chi connectivity index (χ3n) is 0.905. The number of amides is 1. The topological polar surface area (TPSA) is 29.4 Å². The van der Waals surface area contributed by atoms with Crippen molar-refractivity contribution in [2.45, 2.75) is 0 Å². The van der Waals surface area contributed by atoms with E-state index in [2.05, 4.69) is 11.6 Å². The van der Waals surface area contributed by atoms with Gasteiger partial charge in [0.25, 0.3) is 5.91 Å². The van der Waals surface area contributed by atoms with Crippen LogP contribution in [0.15, 0.2) is 29.3 Å². The van der Waals surface area contributed by atoms with Crippen LogP contribution in [0.1, 0.15) is 0 Å². The summed E-state index contributed by atoms with van der Waals surface area (Å²) in [4.78, 5) is 14.0. The van der Waals surface area contributed by atoms with E-state index >= 15 is 0 Å². The van der Waals surface area contributed by atoms with E-state index in [-0.39, 0.29) is 11.1 Å². The molecular formula is C6H4ClNO. The Bertz CT molecular complexity index is 227. The maximum Gasteiger partial charge on any atom is 0.277 e. The predicted molar refractivity (Wildman–Crippen MR) is 36.6 cm³/mol. The van der Waals surface area contributed by atoms with Crippen LogP contribution in [0.4, 0.5) is 0 Å². The molecule has 0 aromatic rings. The van der Waals surface area contributed by atoms with Gasteiger partial charge in [0.15, 0.2) is 0 Å². The lowest BCUT2D eigenvalue weighted by molar-refractivity contribution is -0.114. The molecule has 1 amide bonds. The summed E-state index contributed by atoms with van der Waals surface area (Å²) in [5, 5.41) is 0.215. The minimum absolute atomic E-state index is 0.215. The number of halogens is 1. The highest BCUT2D eigenvalue weighted by Gasteiger charge is 2.06. The Balaban J connectivity index is 2.95. The Hall–Kier alpha value is -0.890. The van der Waals surface area contributed by atoms with Crippen molar-refractivity contribution in [2.75, 3.05) is 0 Å². The molecule has 1 aliphatic rings. The van der Waals surface area contributed by atoms with Crippen molar-refractivity contribution in [3.63, 3.8) is 0 Å². The fourth-order valence-electron chi connectivity index (χ4n) is 0.447. The van der Waals surface area contributed by atoms with Gasteiger partial charge in [0, 0.05) is 5.57 Å². The average Bonchev–Trinajstić information content (AvgIpc) is 1.80. The van der Waals surface area contributed by atoms with Crippen LogP contribution in [0.2, 0.25) is 0 Å². The standard InChI is InChI=1S/C6H4ClNO/c1-4-2-3-5(7)8-6(4)9/h2-3H,1H2. The summed E-state index contributed by atoms with van der Waals surface area (Å²) in [6.07, 6.45) is 3.07. The van der Waals surface area contributed by atoms with Gasteiger partial charge in [-0.1, -0.05) is 18.2 Å². The second-order valence-electron chi connectivity index (χ2n) is 1.60. The van der Waals surface area contributed by atoms with Crippen LogP contribution < -0.4 is 0 Å². The third kappa shape index (κ3) is 1.27. The zero-order valence-corrected chi connectivity index (χ0v) is 5.35. The summed E-state index contributed by atoms with van der Waals surface area (Å²) in [6.45, 7) is 3.43. The molecule has 0 aliphatic carbocycles. The van der Waals surface area contributed by atoms with E-state index in [9.17, 15) is 4.79 Å². The van der Waals surface area contributed by atoms with Crippen molar-refractivity contribution in [3.05, 3.63) is 24.3 Å². The van der Waals surface area contributed by atoms with Gasteiger partial charge < -0.3 is 0 Å². The molecule has 0 saturated carbocycles. The molecule has 0 N–H and O–H groups in total. The van der Waals surface area contributed by atoms with Crippen molar-refractivity contribution in [1.82, 2.24) is 0 Å². The Morgan fingerprint density at radius 3 is 2.67 bits per heavy atom. The minimum atomic E-state index is -0.359. The summed E-state index contributed by atoms with van der Waals surface area (Å²) < 4.78 is 0. The Morgan fingerprint density at radius 2 is 2.22 bits per heavy atom. The van der Waals surface area contributed by atoms with Gasteiger partial charge in [0.2, 0.25) is 0 Å². The summed E-state index contributed by atoms with van der Waals surface area (Å²) in [5.41, 5.74) is 0.374. The second kappa shape index (κ2) is 2.15. The fraction of sp³-hybridized carbons (Fsp3) is 0. The summed E-state index contributed by atoms with van der Waals surface area (Å²) in [6, 6.07) is 0. The maximum absolute atomic E-state index is 10.6. The van der Waals surface area contributed by atoms with Gasteiger partial charge in [-0.15, -0.1) is 0 Å². The molecule has 1 heterocycles. The van der Waals surface area contributed by atoms with Gasteiger partial charge in [-0.3, -0.25) is 4.79 Å². The molecule has 0 radical (unpaired) electrons. The van der Waals surface area contributed by atoms with Gasteiger partial charge in [-0.25, -0.2) is 0 Å². The second-order valence-corrected chi connectivity index (χ2v) is 1.99. The van der Waals surface area contributed by atoms with Gasteiger partial charge in [-0.05, 0) is 12.2 Å². The molecule has 9 heavy (non-hydrogen) atoms. The van der Waals surface area contributed by atoms with Crippen LogP contribution in [0.5, 0.6) is 0 Å². The van der Waals surface area contributed by atoms with Crippen LogP contribution in [0.3, 0.4) is 0 Å². The molecular weight excluding hydrogens is 138 g/mol. The number of carbonyl (C=O) groups excluding carboxylic acids is 1. The van der Waals surface area contributed by atoms with Crippen LogP contribution in [0, 0.1) is 0 Å². The summed E-state index contributed by atoms with van der Waals surface area (Å²) in [5.74, 6) is -0.359. The largest absolute Gasteiger partial charge is 0.277 e. The molecule has 1 rings (SSSR count). The SMILES string of the molecule is C=C1C=CC(Cl)=NC1=O. The number of allylic oxidation sites excluding steroid dienone is 1. The molecule has 0 fully saturated rings. The Morgan fingerprint density at radius 1 is 1.56 bits per heavy atom. The molecule has 0 unspecified atom stereocenters. The molecule has 0 aromatic heterocycles. The monoisotopic (exact) mass is 141 g/mol. The first-order valence-corrected chi connectivity index (χ1v) is 2.73. The molecule has 3 heteroatoms. The fourth-order valence-corrected chi connectivity index (χ4v) is 0.586. The van der Waals surface area contributed by atoms with E-state index < -0.39 is 0 Å². The third-order valence-corrected chi connectivity index (χ3v) is 1.12. The maximum atomic E-state index is 10.6. The van der Waals surface area contributed by atoms with Crippen molar-refractivity contribution < 1.29 is 4.79 Å². The molecule has 0 spiro atoms. The van der Waals surface area contributed by atoms with Gasteiger partial charge >= 0.3 is 0 Å². The van der Waals surface area contributed by atoms with E-state index in [0.29, 0.717) is 5.57 Å². The number of dihydropyridines is 1. The predicted octanol–water partition coefficient (Wildman–Crippen LogP) is 1.28. The molecule has 0 aromatic carbocycles. The highest BCUT2D eigenvalue weighted by Crippen LogP contribution is 2.05. The molecule has 0 bridgehead atoms. The van der Waals surface area contributed by atoms with Crippen molar-refractivity contribution in [1.29, 1.82) is 0 Å². The van der Waals surface area contributed by atoms with Gasteiger partial charge in [-0.2, -0.15) is 4.99 Å². The average molecular weight is 142 g/mol. The van der Waals surface area contributed by atoms with Crippen LogP contribution in [-0.4, -0.2) is 11.1 Å². The number of carbonyl (C=O) groups is 1. The Labute approximate surface area is 57.5 Å². The van der Waals surface area contributed by atoms with Crippen molar-refractivity contribution in [3.8, 4) is 0 Å².